The molecule has 0 bridgehead atoms. The van der Waals surface area contributed by atoms with Gasteiger partial charge in [-0.3, -0.25) is 24.0 Å². The first-order valence-corrected chi connectivity index (χ1v) is 14.0. The average Bonchev–Trinajstić information content (AvgIpc) is 3.06. The van der Waals surface area contributed by atoms with Gasteiger partial charge in [0.2, 0.25) is 17.6 Å². The maximum atomic E-state index is 14.0. The van der Waals surface area contributed by atoms with Crippen molar-refractivity contribution in [2.75, 3.05) is 6.54 Å². The molecule has 0 unspecified atom stereocenters. The Kier molecular flexibility index (Phi) is 8.18. The fourth-order valence-electron chi connectivity index (χ4n) is 6.57. The molecule has 2 saturated carbocycles. The predicted molar refractivity (Wildman–Crippen MR) is 142 cm³/mol. The molecule has 7 nitrogen and oxygen atoms in total. The van der Waals surface area contributed by atoms with E-state index < -0.39 is 40.4 Å². The highest BCUT2D eigenvalue weighted by atomic mass is 16.2. The number of fused-ring (bicyclic) bond motifs is 1. The van der Waals surface area contributed by atoms with E-state index >= 15 is 0 Å². The van der Waals surface area contributed by atoms with Crippen LogP contribution in [0.4, 0.5) is 0 Å². The van der Waals surface area contributed by atoms with Gasteiger partial charge in [-0.2, -0.15) is 0 Å². The quantitative estimate of drug-likeness (QED) is 0.435. The van der Waals surface area contributed by atoms with E-state index in [1.54, 1.807) is 4.90 Å². The average molecular weight is 517 g/mol. The highest BCUT2D eigenvalue weighted by Crippen LogP contribution is 2.65. The number of piperidine rings is 1. The number of likely N-dealkylation sites (tertiary alicyclic amines) is 1. The highest BCUT2D eigenvalue weighted by Gasteiger charge is 2.69. The summed E-state index contributed by atoms with van der Waals surface area (Å²) in [6.07, 6.45) is 3.83. The number of carbonyl (C=O) groups excluding carboxylic acids is 5. The second kappa shape index (κ2) is 10.3. The Morgan fingerprint density at radius 2 is 1.57 bits per heavy atom. The summed E-state index contributed by atoms with van der Waals surface area (Å²) in [7, 11) is 0. The zero-order chi connectivity index (χ0) is 28.1. The second-order valence-electron chi connectivity index (χ2n) is 14.6. The number of carbonyl (C=O) groups is 5. The molecule has 0 aromatic rings. The van der Waals surface area contributed by atoms with E-state index in [0.29, 0.717) is 18.9 Å². The van der Waals surface area contributed by atoms with Crippen LogP contribution in [0.15, 0.2) is 0 Å². The third-order valence-electron chi connectivity index (χ3n) is 9.08. The van der Waals surface area contributed by atoms with Crippen molar-refractivity contribution in [2.24, 2.45) is 40.4 Å². The lowest BCUT2D eigenvalue weighted by Crippen LogP contribution is -2.52. The number of Topliss-reactive ketones (excluding diaryl/α,β-unsaturated/α-hetero) is 3. The van der Waals surface area contributed by atoms with Crippen LogP contribution in [-0.2, 0) is 24.0 Å². The van der Waals surface area contributed by atoms with Gasteiger partial charge in [0.1, 0.15) is 0 Å². The highest BCUT2D eigenvalue weighted by molar-refractivity contribution is 6.37. The summed E-state index contributed by atoms with van der Waals surface area (Å²) >= 11 is 0. The maximum absolute atomic E-state index is 14.0. The van der Waals surface area contributed by atoms with Gasteiger partial charge in [0.25, 0.3) is 0 Å². The molecule has 2 amide bonds. The standard InChI is InChI=1S/C30H48N2O5/c1-17(33)26(36)19(13-18-11-10-12-18)14-22(34)25-24-21(30(24,8)9)16-32(25)27(37)20(28(2,3)4)15-23(35)31-29(5,6)7/h18-21,24-25H,10-16H2,1-9H3,(H,31,35)/t19-,20-,21+,24+,25-/m1/s1. The van der Waals surface area contributed by atoms with Crippen molar-refractivity contribution in [1.82, 2.24) is 10.2 Å². The molecular formula is C30H48N2O5. The number of nitrogens with zero attached hydrogens (tertiary/aromatic N) is 1. The number of hydrogen-bond donors (Lipinski definition) is 1. The van der Waals surface area contributed by atoms with Gasteiger partial charge >= 0.3 is 0 Å². The van der Waals surface area contributed by atoms with Crippen LogP contribution in [0, 0.1) is 40.4 Å². The van der Waals surface area contributed by atoms with Crippen molar-refractivity contribution in [3.63, 3.8) is 0 Å². The number of amides is 2. The third kappa shape index (κ3) is 6.51. The van der Waals surface area contributed by atoms with Crippen LogP contribution in [0.25, 0.3) is 0 Å². The van der Waals surface area contributed by atoms with Gasteiger partial charge in [-0.15, -0.1) is 0 Å². The lowest BCUT2D eigenvalue weighted by Gasteiger charge is -2.38. The third-order valence-corrected chi connectivity index (χ3v) is 9.08. The van der Waals surface area contributed by atoms with Crippen LogP contribution in [0.3, 0.4) is 0 Å². The summed E-state index contributed by atoms with van der Waals surface area (Å²) in [5, 5.41) is 2.96. The molecule has 3 rings (SSSR count). The van der Waals surface area contributed by atoms with Crippen LogP contribution < -0.4 is 5.32 Å². The maximum Gasteiger partial charge on any atom is 0.227 e. The first kappa shape index (κ1) is 29.5. The monoisotopic (exact) mass is 516 g/mol. The topological polar surface area (TPSA) is 101 Å². The van der Waals surface area contributed by atoms with Gasteiger partial charge in [0, 0.05) is 37.8 Å². The fourth-order valence-corrected chi connectivity index (χ4v) is 6.57. The largest absolute Gasteiger partial charge is 0.351 e. The normalized spacial score (nSPS) is 26.5. The number of ketones is 3. The summed E-state index contributed by atoms with van der Waals surface area (Å²) in [6, 6.07) is -0.605. The smallest absolute Gasteiger partial charge is 0.227 e. The summed E-state index contributed by atoms with van der Waals surface area (Å²) < 4.78 is 0. The van der Waals surface area contributed by atoms with E-state index in [0.717, 1.165) is 19.3 Å². The minimum Gasteiger partial charge on any atom is -0.351 e. The van der Waals surface area contributed by atoms with Crippen LogP contribution in [0.5, 0.6) is 0 Å². The fraction of sp³-hybridized carbons (Fsp3) is 0.833. The molecule has 1 saturated heterocycles. The summed E-state index contributed by atoms with van der Waals surface area (Å²) in [5.41, 5.74) is -0.926. The molecule has 1 aliphatic heterocycles. The Hall–Kier alpha value is -2.05. The SMILES string of the molecule is CC(=O)C(=O)[C@@H](CC(=O)[C@@H]1[C@@H]2[C@H](CN1C(=O)[C@@H](CC(=O)NC(C)(C)C)C(C)(C)C)C2(C)C)CC1CCC1. The lowest BCUT2D eigenvalue weighted by atomic mass is 9.75. The molecular weight excluding hydrogens is 468 g/mol. The molecule has 2 aliphatic carbocycles. The summed E-state index contributed by atoms with van der Waals surface area (Å²) in [5.74, 6) is -1.94. The van der Waals surface area contributed by atoms with Crippen molar-refractivity contribution in [3.05, 3.63) is 0 Å². The van der Waals surface area contributed by atoms with E-state index in [2.05, 4.69) is 19.2 Å². The van der Waals surface area contributed by atoms with E-state index in [4.69, 9.17) is 0 Å². The van der Waals surface area contributed by atoms with Crippen molar-refractivity contribution in [2.45, 2.75) is 112 Å². The van der Waals surface area contributed by atoms with Gasteiger partial charge in [0.05, 0.1) is 12.0 Å². The Balaban J connectivity index is 1.83. The molecule has 37 heavy (non-hydrogen) atoms. The minimum absolute atomic E-state index is 0.00730. The second-order valence-corrected chi connectivity index (χ2v) is 14.6. The van der Waals surface area contributed by atoms with E-state index in [1.165, 1.54) is 6.92 Å². The first-order valence-electron chi connectivity index (χ1n) is 14.0. The van der Waals surface area contributed by atoms with Crippen LogP contribution >= 0.6 is 0 Å². The molecule has 1 heterocycles. The Morgan fingerprint density at radius 1 is 0.973 bits per heavy atom. The molecule has 0 spiro atoms. The first-order chi connectivity index (χ1) is 16.8. The van der Waals surface area contributed by atoms with Crippen molar-refractivity contribution in [3.8, 4) is 0 Å². The van der Waals surface area contributed by atoms with Crippen LogP contribution in [0.2, 0.25) is 0 Å². The van der Waals surface area contributed by atoms with E-state index in [1.807, 2.05) is 41.5 Å². The summed E-state index contributed by atoms with van der Waals surface area (Å²) in [6.45, 7) is 17.6. The summed E-state index contributed by atoms with van der Waals surface area (Å²) in [4.78, 5) is 67.1. The zero-order valence-corrected chi connectivity index (χ0v) is 24.4. The molecule has 0 aromatic carbocycles. The Bertz CT molecular complexity index is 950. The lowest BCUT2D eigenvalue weighted by molar-refractivity contribution is -0.148. The van der Waals surface area contributed by atoms with Crippen molar-refractivity contribution >= 4 is 29.2 Å². The Labute approximate surface area is 222 Å². The van der Waals surface area contributed by atoms with Gasteiger partial charge in [-0.1, -0.05) is 53.9 Å². The molecule has 0 aromatic heterocycles. The predicted octanol–water partition coefficient (Wildman–Crippen LogP) is 4.36. The van der Waals surface area contributed by atoms with E-state index in [9.17, 15) is 24.0 Å². The number of rotatable bonds is 10. The molecule has 7 heteroatoms. The molecule has 0 radical (unpaired) electrons. The Morgan fingerprint density at radius 3 is 2.03 bits per heavy atom. The molecule has 3 aliphatic rings. The number of nitrogens with one attached hydrogen (secondary N) is 1. The molecule has 208 valence electrons. The van der Waals surface area contributed by atoms with Crippen LogP contribution in [-0.4, -0.2) is 52.2 Å². The number of hydrogen-bond acceptors (Lipinski definition) is 5. The van der Waals surface area contributed by atoms with Gasteiger partial charge in [-0.25, -0.2) is 0 Å². The van der Waals surface area contributed by atoms with Crippen molar-refractivity contribution < 1.29 is 24.0 Å². The minimum atomic E-state index is -0.607. The molecule has 1 N–H and O–H groups in total. The van der Waals surface area contributed by atoms with Gasteiger partial charge in [-0.05, 0) is 55.8 Å². The van der Waals surface area contributed by atoms with Crippen molar-refractivity contribution in [1.29, 1.82) is 0 Å². The molecule has 3 fully saturated rings. The zero-order valence-electron chi connectivity index (χ0n) is 24.4. The van der Waals surface area contributed by atoms with Crippen LogP contribution in [0.1, 0.15) is 101 Å². The van der Waals surface area contributed by atoms with Gasteiger partial charge in [0.15, 0.2) is 11.6 Å². The van der Waals surface area contributed by atoms with Gasteiger partial charge < -0.3 is 10.2 Å². The van der Waals surface area contributed by atoms with E-state index in [-0.39, 0.29) is 47.7 Å². The molecule has 5 atom stereocenters.